The van der Waals surface area contributed by atoms with E-state index in [1.165, 1.54) is 11.3 Å². The normalized spacial score (nSPS) is 12.3. The summed E-state index contributed by atoms with van der Waals surface area (Å²) in [6, 6.07) is 8.38. The molecule has 0 saturated heterocycles. The van der Waals surface area contributed by atoms with Gasteiger partial charge < -0.3 is 15.0 Å². The van der Waals surface area contributed by atoms with Gasteiger partial charge in [0.25, 0.3) is 5.56 Å². The Bertz CT molecular complexity index is 949. The number of aromatic nitrogens is 3. The molecule has 0 spiro atoms. The van der Waals surface area contributed by atoms with Gasteiger partial charge in [0.15, 0.2) is 10.3 Å². The fourth-order valence-electron chi connectivity index (χ4n) is 2.19. The smallest absolute Gasteiger partial charge is 0.410 e. The number of carbonyl (C=O) groups is 1. The van der Waals surface area contributed by atoms with E-state index in [-0.39, 0.29) is 17.0 Å². The largest absolute Gasteiger partial charge is 0.413 e. The zero-order valence-corrected chi connectivity index (χ0v) is 14.9. The van der Waals surface area contributed by atoms with E-state index < -0.39 is 12.1 Å². The van der Waals surface area contributed by atoms with Crippen LogP contribution in [0.25, 0.3) is 10.3 Å². The Kier molecular flexibility index (Phi) is 4.80. The summed E-state index contributed by atoms with van der Waals surface area (Å²) in [5, 5.41) is 3.31. The van der Waals surface area contributed by atoms with Gasteiger partial charge in [-0.2, -0.15) is 0 Å². The van der Waals surface area contributed by atoms with Crippen molar-refractivity contribution in [2.75, 3.05) is 0 Å². The van der Waals surface area contributed by atoms with E-state index in [0.29, 0.717) is 21.4 Å². The molecular weight excluding hydrogens is 340 g/mol. The molecule has 1 aromatic carbocycles. The molecule has 0 saturated carbocycles. The summed E-state index contributed by atoms with van der Waals surface area (Å²) >= 11 is 1.29. The lowest BCUT2D eigenvalue weighted by molar-refractivity contribution is 0.197. The highest BCUT2D eigenvalue weighted by Crippen LogP contribution is 2.24. The third-order valence-corrected chi connectivity index (χ3v) is 4.64. The van der Waals surface area contributed by atoms with Gasteiger partial charge in [-0.25, -0.2) is 14.8 Å². The Morgan fingerprint density at radius 3 is 2.60 bits per heavy atom. The predicted octanol–water partition coefficient (Wildman–Crippen LogP) is 3.35. The maximum absolute atomic E-state index is 12.1. The number of rotatable bonds is 4. The van der Waals surface area contributed by atoms with Gasteiger partial charge in [0, 0.05) is 5.92 Å². The molecule has 0 unspecified atom stereocenters. The van der Waals surface area contributed by atoms with Crippen LogP contribution in [0.15, 0.2) is 35.1 Å². The molecule has 130 valence electrons. The highest BCUT2D eigenvalue weighted by atomic mass is 32.1. The molecule has 0 bridgehead atoms. The van der Waals surface area contributed by atoms with Gasteiger partial charge >= 0.3 is 6.09 Å². The van der Waals surface area contributed by atoms with Crippen LogP contribution >= 0.6 is 11.3 Å². The first-order valence-corrected chi connectivity index (χ1v) is 8.69. The molecule has 1 atom stereocenters. The van der Waals surface area contributed by atoms with Crippen molar-refractivity contribution >= 4 is 27.8 Å². The Hall–Kier alpha value is -2.74. The second kappa shape index (κ2) is 7.02. The lowest BCUT2D eigenvalue weighted by atomic mass is 10.2. The number of hydrogen-bond donors (Lipinski definition) is 2. The summed E-state index contributed by atoms with van der Waals surface area (Å²) in [7, 11) is 0. The van der Waals surface area contributed by atoms with Crippen molar-refractivity contribution < 1.29 is 9.53 Å². The zero-order valence-electron chi connectivity index (χ0n) is 14.1. The summed E-state index contributed by atoms with van der Waals surface area (Å²) in [4.78, 5) is 36.2. The van der Waals surface area contributed by atoms with Crippen LogP contribution in [0.3, 0.4) is 0 Å². The second-order valence-electron chi connectivity index (χ2n) is 5.88. The number of thiazole rings is 1. The van der Waals surface area contributed by atoms with Gasteiger partial charge in [0.2, 0.25) is 0 Å². The molecule has 2 heterocycles. The van der Waals surface area contributed by atoms with E-state index in [1.807, 2.05) is 19.9 Å². The van der Waals surface area contributed by atoms with Crippen molar-refractivity contribution in [3.63, 3.8) is 0 Å². The topological polar surface area (TPSA) is 97.0 Å². The van der Waals surface area contributed by atoms with Crippen molar-refractivity contribution in [3.8, 4) is 5.75 Å². The number of nitrogens with one attached hydrogen (secondary N) is 2. The Labute approximate surface area is 148 Å². The standard InChI is InChI=1S/C17H18N4O3S/c1-9(2)13-20-14(22)12-16(21-13)25-15(19-12)10(3)18-17(23)24-11-7-5-4-6-8-11/h4-10H,1-3H3,(H,18,23)(H,20,21,22)/t10-/m1/s1. The number of amides is 1. The first-order chi connectivity index (χ1) is 11.9. The van der Waals surface area contributed by atoms with Crippen LogP contribution in [0.2, 0.25) is 0 Å². The number of fused-ring (bicyclic) bond motifs is 1. The Balaban J connectivity index is 1.78. The van der Waals surface area contributed by atoms with Gasteiger partial charge in [-0.1, -0.05) is 43.4 Å². The maximum Gasteiger partial charge on any atom is 0.413 e. The number of aromatic amines is 1. The van der Waals surface area contributed by atoms with E-state index in [4.69, 9.17) is 4.74 Å². The van der Waals surface area contributed by atoms with E-state index >= 15 is 0 Å². The number of hydrogen-bond acceptors (Lipinski definition) is 6. The minimum atomic E-state index is -0.581. The second-order valence-corrected chi connectivity index (χ2v) is 6.89. The first-order valence-electron chi connectivity index (χ1n) is 7.88. The molecule has 8 heteroatoms. The number of benzene rings is 1. The summed E-state index contributed by atoms with van der Waals surface area (Å²) in [5.74, 6) is 1.19. The minimum Gasteiger partial charge on any atom is -0.410 e. The SMILES string of the molecule is CC(C)c1nc2sc([C@@H](C)NC(=O)Oc3ccccc3)nc2c(=O)[nH]1. The molecule has 2 aromatic heterocycles. The van der Waals surface area contributed by atoms with Crippen LogP contribution < -0.4 is 15.6 Å². The molecule has 25 heavy (non-hydrogen) atoms. The van der Waals surface area contributed by atoms with Crippen LogP contribution in [0.4, 0.5) is 4.79 Å². The average Bonchev–Trinajstić information content (AvgIpc) is 3.00. The third kappa shape index (κ3) is 3.85. The summed E-state index contributed by atoms with van der Waals surface area (Å²) in [6.45, 7) is 5.69. The number of ether oxygens (including phenoxy) is 1. The summed E-state index contributed by atoms with van der Waals surface area (Å²) in [6.07, 6.45) is -0.581. The lowest BCUT2D eigenvalue weighted by Gasteiger charge is -2.11. The van der Waals surface area contributed by atoms with E-state index in [0.717, 1.165) is 0 Å². The van der Waals surface area contributed by atoms with E-state index in [2.05, 4.69) is 20.3 Å². The quantitative estimate of drug-likeness (QED) is 0.745. The number of carbonyl (C=O) groups excluding carboxylic acids is 1. The molecule has 2 N–H and O–H groups in total. The molecule has 3 rings (SSSR count). The molecule has 0 radical (unpaired) electrons. The van der Waals surface area contributed by atoms with Crippen molar-refractivity contribution in [2.45, 2.75) is 32.7 Å². The minimum absolute atomic E-state index is 0.110. The number of para-hydroxylation sites is 1. The van der Waals surface area contributed by atoms with Crippen molar-refractivity contribution in [1.29, 1.82) is 0 Å². The summed E-state index contributed by atoms with van der Waals surface area (Å²) in [5.41, 5.74) is 0.0183. The van der Waals surface area contributed by atoms with Crippen molar-refractivity contribution in [3.05, 3.63) is 51.5 Å². The molecule has 0 aliphatic carbocycles. The fraction of sp³-hybridized carbons (Fsp3) is 0.294. The predicted molar refractivity (Wildman–Crippen MR) is 96.1 cm³/mol. The van der Waals surface area contributed by atoms with Crippen LogP contribution in [0, 0.1) is 0 Å². The first kappa shape index (κ1) is 17.1. The summed E-state index contributed by atoms with van der Waals surface area (Å²) < 4.78 is 5.20. The number of nitrogens with zero attached hydrogens (tertiary/aromatic N) is 2. The molecule has 0 aliphatic heterocycles. The average molecular weight is 358 g/mol. The van der Waals surface area contributed by atoms with E-state index in [9.17, 15) is 9.59 Å². The van der Waals surface area contributed by atoms with Gasteiger partial charge in [0.05, 0.1) is 6.04 Å². The lowest BCUT2D eigenvalue weighted by Crippen LogP contribution is -2.29. The molecule has 7 nitrogen and oxygen atoms in total. The van der Waals surface area contributed by atoms with Crippen LogP contribution in [-0.4, -0.2) is 21.0 Å². The molecular formula is C17H18N4O3S. The highest BCUT2D eigenvalue weighted by Gasteiger charge is 2.18. The molecule has 0 fully saturated rings. The van der Waals surface area contributed by atoms with Gasteiger partial charge in [-0.05, 0) is 19.1 Å². The van der Waals surface area contributed by atoms with Gasteiger partial charge in [0.1, 0.15) is 16.6 Å². The Morgan fingerprint density at radius 1 is 1.20 bits per heavy atom. The molecule has 3 aromatic rings. The van der Waals surface area contributed by atoms with Gasteiger partial charge in [-0.3, -0.25) is 4.79 Å². The molecule has 1 amide bonds. The zero-order chi connectivity index (χ0) is 18.0. The van der Waals surface area contributed by atoms with E-state index in [1.54, 1.807) is 31.2 Å². The third-order valence-electron chi connectivity index (χ3n) is 3.51. The Morgan fingerprint density at radius 2 is 1.92 bits per heavy atom. The van der Waals surface area contributed by atoms with Gasteiger partial charge in [-0.15, -0.1) is 0 Å². The highest BCUT2D eigenvalue weighted by molar-refractivity contribution is 7.18. The van der Waals surface area contributed by atoms with Crippen molar-refractivity contribution in [2.24, 2.45) is 0 Å². The van der Waals surface area contributed by atoms with Crippen LogP contribution in [0.1, 0.15) is 43.6 Å². The monoisotopic (exact) mass is 358 g/mol. The van der Waals surface area contributed by atoms with Crippen LogP contribution in [0.5, 0.6) is 5.75 Å². The maximum atomic E-state index is 12.1. The van der Waals surface area contributed by atoms with Crippen LogP contribution in [-0.2, 0) is 0 Å². The molecule has 0 aliphatic rings. The van der Waals surface area contributed by atoms with Crippen molar-refractivity contribution in [1.82, 2.24) is 20.3 Å². The fourth-order valence-corrected chi connectivity index (χ4v) is 3.14. The number of H-pyrrole nitrogens is 1.